The molecule has 7 nitrogen and oxygen atoms in total. The molecule has 4 rings (SSSR count). The largest absolute Gasteiger partial charge is 0.353 e. The van der Waals surface area contributed by atoms with Crippen LogP contribution in [0.15, 0.2) is 36.7 Å². The Hall–Kier alpha value is -2.70. The van der Waals surface area contributed by atoms with Gasteiger partial charge in [0.2, 0.25) is 5.95 Å². The van der Waals surface area contributed by atoms with Gasteiger partial charge in [0.1, 0.15) is 11.5 Å². The SMILES string of the molecule is O=C(c1ccnc(N2CCCC2)n1)N1CCN(c2ccccn2)CC1. The quantitative estimate of drug-likeness (QED) is 0.844. The van der Waals surface area contributed by atoms with E-state index in [1.807, 2.05) is 23.1 Å². The lowest BCUT2D eigenvalue weighted by Gasteiger charge is -2.35. The highest BCUT2D eigenvalue weighted by Gasteiger charge is 2.24. The Morgan fingerprint density at radius 2 is 1.64 bits per heavy atom. The Morgan fingerprint density at radius 3 is 2.36 bits per heavy atom. The first-order valence-electron chi connectivity index (χ1n) is 8.84. The minimum Gasteiger partial charge on any atom is -0.353 e. The van der Waals surface area contributed by atoms with E-state index >= 15 is 0 Å². The number of hydrogen-bond acceptors (Lipinski definition) is 6. The predicted octanol–water partition coefficient (Wildman–Crippen LogP) is 1.43. The minimum atomic E-state index is -0.0106. The van der Waals surface area contributed by atoms with Gasteiger partial charge in [-0.1, -0.05) is 6.07 Å². The molecule has 0 aliphatic carbocycles. The lowest BCUT2D eigenvalue weighted by Crippen LogP contribution is -2.49. The number of carbonyl (C=O) groups is 1. The molecule has 0 spiro atoms. The molecule has 7 heteroatoms. The molecule has 0 saturated carbocycles. The molecular formula is C18H22N6O. The van der Waals surface area contributed by atoms with Crippen LogP contribution in [0.4, 0.5) is 11.8 Å². The summed E-state index contributed by atoms with van der Waals surface area (Å²) < 4.78 is 0. The molecule has 0 atom stereocenters. The molecular weight excluding hydrogens is 316 g/mol. The molecule has 0 radical (unpaired) electrons. The van der Waals surface area contributed by atoms with Crippen molar-refractivity contribution in [3.8, 4) is 0 Å². The number of rotatable bonds is 3. The van der Waals surface area contributed by atoms with Crippen LogP contribution in [0.25, 0.3) is 0 Å². The summed E-state index contributed by atoms with van der Waals surface area (Å²) in [6.45, 7) is 4.87. The second kappa shape index (κ2) is 7.04. The fourth-order valence-corrected chi connectivity index (χ4v) is 3.38. The second-order valence-corrected chi connectivity index (χ2v) is 6.40. The summed E-state index contributed by atoms with van der Waals surface area (Å²) >= 11 is 0. The standard InChI is InChI=1S/C18H22N6O/c25-17(15-6-8-20-18(21-15)24-9-3-4-10-24)23-13-11-22(12-14-23)16-5-1-2-7-19-16/h1-2,5-8H,3-4,9-14H2. The van der Waals surface area contributed by atoms with Crippen molar-refractivity contribution in [1.29, 1.82) is 0 Å². The van der Waals surface area contributed by atoms with E-state index in [0.29, 0.717) is 24.7 Å². The molecule has 25 heavy (non-hydrogen) atoms. The highest BCUT2D eigenvalue weighted by Crippen LogP contribution is 2.17. The van der Waals surface area contributed by atoms with Crippen LogP contribution in [-0.2, 0) is 0 Å². The van der Waals surface area contributed by atoms with Gasteiger partial charge in [-0.25, -0.2) is 15.0 Å². The van der Waals surface area contributed by atoms with E-state index in [4.69, 9.17) is 0 Å². The van der Waals surface area contributed by atoms with Gasteiger partial charge in [0.25, 0.3) is 5.91 Å². The summed E-state index contributed by atoms with van der Waals surface area (Å²) in [4.78, 5) is 32.2. The van der Waals surface area contributed by atoms with Crippen molar-refractivity contribution in [2.45, 2.75) is 12.8 Å². The van der Waals surface area contributed by atoms with E-state index < -0.39 is 0 Å². The molecule has 0 unspecified atom stereocenters. The van der Waals surface area contributed by atoms with Crippen LogP contribution in [0.3, 0.4) is 0 Å². The van der Waals surface area contributed by atoms with E-state index in [1.54, 1.807) is 18.5 Å². The number of piperazine rings is 1. The van der Waals surface area contributed by atoms with Crippen LogP contribution in [-0.4, -0.2) is 65.0 Å². The Balaban J connectivity index is 1.41. The zero-order chi connectivity index (χ0) is 17.1. The van der Waals surface area contributed by atoms with E-state index in [0.717, 1.165) is 44.8 Å². The van der Waals surface area contributed by atoms with Crippen molar-refractivity contribution in [1.82, 2.24) is 19.9 Å². The number of carbonyl (C=O) groups excluding carboxylic acids is 1. The maximum Gasteiger partial charge on any atom is 0.272 e. The molecule has 2 aliphatic heterocycles. The summed E-state index contributed by atoms with van der Waals surface area (Å²) in [5.74, 6) is 1.63. The van der Waals surface area contributed by atoms with E-state index in [-0.39, 0.29) is 5.91 Å². The average Bonchev–Trinajstić information content (AvgIpc) is 3.23. The van der Waals surface area contributed by atoms with Crippen LogP contribution < -0.4 is 9.80 Å². The van der Waals surface area contributed by atoms with Gasteiger partial charge in [0.15, 0.2) is 0 Å². The topological polar surface area (TPSA) is 65.5 Å². The number of hydrogen-bond donors (Lipinski definition) is 0. The molecule has 0 aromatic carbocycles. The summed E-state index contributed by atoms with van der Waals surface area (Å²) in [6, 6.07) is 7.62. The fraction of sp³-hybridized carbons (Fsp3) is 0.444. The lowest BCUT2D eigenvalue weighted by molar-refractivity contribution is 0.0740. The number of nitrogens with zero attached hydrogens (tertiary/aromatic N) is 6. The van der Waals surface area contributed by atoms with Crippen LogP contribution in [0.5, 0.6) is 0 Å². The van der Waals surface area contributed by atoms with Gasteiger partial charge in [-0.2, -0.15) is 0 Å². The van der Waals surface area contributed by atoms with Gasteiger partial charge in [0.05, 0.1) is 0 Å². The fourth-order valence-electron chi connectivity index (χ4n) is 3.38. The van der Waals surface area contributed by atoms with Crippen LogP contribution in [0.1, 0.15) is 23.3 Å². The minimum absolute atomic E-state index is 0.0106. The highest BCUT2D eigenvalue weighted by atomic mass is 16.2. The summed E-state index contributed by atoms with van der Waals surface area (Å²) in [5, 5.41) is 0. The van der Waals surface area contributed by atoms with Crippen LogP contribution in [0, 0.1) is 0 Å². The Kier molecular flexibility index (Phi) is 4.45. The van der Waals surface area contributed by atoms with Gasteiger partial charge < -0.3 is 14.7 Å². The van der Waals surface area contributed by atoms with Gasteiger partial charge in [-0.3, -0.25) is 4.79 Å². The monoisotopic (exact) mass is 338 g/mol. The van der Waals surface area contributed by atoms with Gasteiger partial charge in [-0.15, -0.1) is 0 Å². The maximum atomic E-state index is 12.8. The maximum absolute atomic E-state index is 12.8. The third-order valence-electron chi connectivity index (χ3n) is 4.79. The first-order chi connectivity index (χ1) is 12.3. The number of anilines is 2. The van der Waals surface area contributed by atoms with E-state index in [1.165, 1.54) is 0 Å². The van der Waals surface area contributed by atoms with Crippen molar-refractivity contribution in [2.24, 2.45) is 0 Å². The van der Waals surface area contributed by atoms with Crippen molar-refractivity contribution < 1.29 is 4.79 Å². The van der Waals surface area contributed by atoms with Crippen molar-refractivity contribution in [3.63, 3.8) is 0 Å². The molecule has 2 aromatic rings. The highest BCUT2D eigenvalue weighted by molar-refractivity contribution is 5.92. The number of amides is 1. The summed E-state index contributed by atoms with van der Waals surface area (Å²) in [7, 11) is 0. The van der Waals surface area contributed by atoms with Gasteiger partial charge in [0, 0.05) is 51.7 Å². The first-order valence-corrected chi connectivity index (χ1v) is 8.84. The number of aromatic nitrogens is 3. The molecule has 0 bridgehead atoms. The van der Waals surface area contributed by atoms with Crippen molar-refractivity contribution in [3.05, 3.63) is 42.4 Å². The third kappa shape index (κ3) is 3.40. The zero-order valence-electron chi connectivity index (χ0n) is 14.2. The van der Waals surface area contributed by atoms with Crippen LogP contribution >= 0.6 is 0 Å². The third-order valence-corrected chi connectivity index (χ3v) is 4.79. The molecule has 0 N–H and O–H groups in total. The summed E-state index contributed by atoms with van der Waals surface area (Å²) in [6.07, 6.45) is 5.82. The van der Waals surface area contributed by atoms with Crippen molar-refractivity contribution >= 4 is 17.7 Å². The van der Waals surface area contributed by atoms with Crippen LogP contribution in [0.2, 0.25) is 0 Å². The molecule has 4 heterocycles. The summed E-state index contributed by atoms with van der Waals surface area (Å²) in [5.41, 5.74) is 0.489. The Labute approximate surface area is 147 Å². The molecule has 2 saturated heterocycles. The van der Waals surface area contributed by atoms with Gasteiger partial charge >= 0.3 is 0 Å². The lowest BCUT2D eigenvalue weighted by atomic mass is 10.2. The molecule has 1 amide bonds. The molecule has 2 fully saturated rings. The van der Waals surface area contributed by atoms with E-state index in [2.05, 4.69) is 24.8 Å². The van der Waals surface area contributed by atoms with E-state index in [9.17, 15) is 4.79 Å². The molecule has 2 aliphatic rings. The van der Waals surface area contributed by atoms with Crippen molar-refractivity contribution in [2.75, 3.05) is 49.1 Å². The molecule has 130 valence electrons. The average molecular weight is 338 g/mol. The smallest absolute Gasteiger partial charge is 0.272 e. The predicted molar refractivity (Wildman–Crippen MR) is 95.8 cm³/mol. The Bertz CT molecular complexity index is 723. The second-order valence-electron chi connectivity index (χ2n) is 6.40. The number of pyridine rings is 1. The zero-order valence-corrected chi connectivity index (χ0v) is 14.2. The Morgan fingerprint density at radius 1 is 0.840 bits per heavy atom. The first kappa shape index (κ1) is 15.8. The molecule has 2 aromatic heterocycles. The normalized spacial score (nSPS) is 17.8. The van der Waals surface area contributed by atoms with Gasteiger partial charge in [-0.05, 0) is 31.0 Å².